The van der Waals surface area contributed by atoms with Crippen LogP contribution in [0.4, 0.5) is 5.69 Å². The number of aliphatic hydroxyl groups excluding tert-OH is 1. The summed E-state index contributed by atoms with van der Waals surface area (Å²) in [6.07, 6.45) is 4.69. The Morgan fingerprint density at radius 2 is 1.91 bits per heavy atom. The van der Waals surface area contributed by atoms with Gasteiger partial charge in [0, 0.05) is 37.6 Å². The summed E-state index contributed by atoms with van der Waals surface area (Å²) < 4.78 is 5.42. The molecule has 3 atom stereocenters. The average Bonchev–Trinajstić information content (AvgIpc) is 3.30. The monoisotopic (exact) mass is 443 g/mol. The zero-order chi connectivity index (χ0) is 22.9. The number of hydrogen-bond acceptors (Lipinski definition) is 5. The van der Waals surface area contributed by atoms with Gasteiger partial charge >= 0.3 is 0 Å². The Morgan fingerprint density at radius 3 is 2.67 bits per heavy atom. The number of ether oxygens (including phenoxy) is 1. The van der Waals surface area contributed by atoms with E-state index in [4.69, 9.17) is 4.74 Å². The number of likely N-dealkylation sites (tertiary alicyclic amines) is 1. The molecule has 170 valence electrons. The third-order valence-electron chi connectivity index (χ3n) is 7.18. The first-order valence-corrected chi connectivity index (χ1v) is 11.4. The van der Waals surface area contributed by atoms with Gasteiger partial charge in [-0.3, -0.25) is 9.78 Å². The Kier molecular flexibility index (Phi) is 5.77. The summed E-state index contributed by atoms with van der Waals surface area (Å²) in [7, 11) is 3.72. The molecular formula is C27H29N3O3. The maximum Gasteiger partial charge on any atom is 0.227 e. The topological polar surface area (TPSA) is 65.9 Å². The Morgan fingerprint density at radius 1 is 1.12 bits per heavy atom. The van der Waals surface area contributed by atoms with Crippen LogP contribution in [0.25, 0.3) is 11.1 Å². The normalized spacial score (nSPS) is 21.5. The Labute approximate surface area is 194 Å². The molecule has 0 spiro atoms. The molecule has 1 amide bonds. The van der Waals surface area contributed by atoms with E-state index in [-0.39, 0.29) is 30.5 Å². The second kappa shape index (κ2) is 8.87. The van der Waals surface area contributed by atoms with E-state index in [2.05, 4.69) is 34.1 Å². The zero-order valence-corrected chi connectivity index (χ0v) is 19.0. The molecule has 1 saturated heterocycles. The van der Waals surface area contributed by atoms with Crippen LogP contribution in [0, 0.1) is 5.92 Å². The lowest BCUT2D eigenvalue weighted by molar-refractivity contribution is -0.132. The Hall–Kier alpha value is -3.38. The maximum absolute atomic E-state index is 13.4. The third kappa shape index (κ3) is 3.85. The van der Waals surface area contributed by atoms with E-state index in [1.54, 1.807) is 19.5 Å². The highest BCUT2D eigenvalue weighted by Crippen LogP contribution is 2.49. The number of carbonyl (C=O) groups excluding carboxylic acids is 1. The molecule has 2 aliphatic heterocycles. The predicted octanol–water partition coefficient (Wildman–Crippen LogP) is 3.70. The highest BCUT2D eigenvalue weighted by molar-refractivity contribution is 5.81. The van der Waals surface area contributed by atoms with Crippen molar-refractivity contribution < 1.29 is 14.6 Å². The van der Waals surface area contributed by atoms with Crippen molar-refractivity contribution in [3.63, 3.8) is 0 Å². The number of hydrogen-bond donors (Lipinski definition) is 1. The fourth-order valence-corrected chi connectivity index (χ4v) is 5.49. The summed E-state index contributed by atoms with van der Waals surface area (Å²) in [5.74, 6) is 1.12. The second-order valence-corrected chi connectivity index (χ2v) is 8.88. The number of carbonyl (C=O) groups is 1. The number of rotatable bonds is 5. The SMILES string of the molecule is COc1cccc(-c2ccc3c(c2)C2C(CCN2C(=O)Cc2ccncc2)[C@H](CO)N3C)c1. The highest BCUT2D eigenvalue weighted by atomic mass is 16.5. The van der Waals surface area contributed by atoms with Gasteiger partial charge in [0.2, 0.25) is 5.91 Å². The molecule has 0 saturated carbocycles. The van der Waals surface area contributed by atoms with E-state index < -0.39 is 0 Å². The number of pyridine rings is 1. The summed E-state index contributed by atoms with van der Waals surface area (Å²) in [6, 6.07) is 18.2. The molecule has 2 aromatic carbocycles. The van der Waals surface area contributed by atoms with Crippen LogP contribution < -0.4 is 9.64 Å². The smallest absolute Gasteiger partial charge is 0.227 e. The van der Waals surface area contributed by atoms with Crippen LogP contribution in [-0.2, 0) is 11.2 Å². The van der Waals surface area contributed by atoms with E-state index >= 15 is 0 Å². The molecule has 0 aliphatic carbocycles. The van der Waals surface area contributed by atoms with Gasteiger partial charge in [-0.25, -0.2) is 0 Å². The largest absolute Gasteiger partial charge is 0.497 e. The number of aromatic nitrogens is 1. The van der Waals surface area contributed by atoms with Gasteiger partial charge in [-0.1, -0.05) is 18.2 Å². The quantitative estimate of drug-likeness (QED) is 0.651. The van der Waals surface area contributed by atoms with Gasteiger partial charge in [-0.15, -0.1) is 0 Å². The van der Waals surface area contributed by atoms with Crippen LogP contribution in [0.15, 0.2) is 67.0 Å². The first-order chi connectivity index (χ1) is 16.1. The molecule has 1 aromatic heterocycles. The van der Waals surface area contributed by atoms with Crippen molar-refractivity contribution in [1.82, 2.24) is 9.88 Å². The van der Waals surface area contributed by atoms with Crippen LogP contribution >= 0.6 is 0 Å². The predicted molar refractivity (Wildman–Crippen MR) is 128 cm³/mol. The standard InChI is InChI=1S/C27H29N3O3/c1-29-24-7-6-20(19-4-3-5-21(15-19)33-2)16-23(24)27-22(25(29)17-31)10-13-30(27)26(32)14-18-8-11-28-12-9-18/h3-9,11-12,15-16,22,25,27,31H,10,13-14,17H2,1-2H3/t22?,25-,27?/m0/s1. The number of likely N-dealkylation sites (N-methyl/N-ethyl adjacent to an activating group) is 1. The van der Waals surface area contributed by atoms with Crippen LogP contribution in [0.5, 0.6) is 5.75 Å². The Bertz CT molecular complexity index is 1150. The van der Waals surface area contributed by atoms with Crippen LogP contribution in [-0.4, -0.2) is 54.2 Å². The number of aliphatic hydroxyl groups is 1. The third-order valence-corrected chi connectivity index (χ3v) is 7.18. The van der Waals surface area contributed by atoms with Gasteiger partial charge in [0.25, 0.3) is 0 Å². The number of methoxy groups -OCH3 is 1. The lowest BCUT2D eigenvalue weighted by Gasteiger charge is -2.44. The molecule has 2 unspecified atom stereocenters. The molecule has 3 aromatic rings. The Balaban J connectivity index is 1.54. The van der Waals surface area contributed by atoms with E-state index in [9.17, 15) is 9.90 Å². The molecule has 0 bridgehead atoms. The lowest BCUT2D eigenvalue weighted by Crippen LogP contribution is -2.48. The summed E-state index contributed by atoms with van der Waals surface area (Å²) in [5.41, 5.74) is 5.36. The minimum Gasteiger partial charge on any atom is -0.497 e. The van der Waals surface area contributed by atoms with Crippen molar-refractivity contribution in [3.8, 4) is 16.9 Å². The molecular weight excluding hydrogens is 414 g/mol. The van der Waals surface area contributed by atoms with Gasteiger partial charge in [-0.05, 0) is 65.1 Å². The van der Waals surface area contributed by atoms with Crippen molar-refractivity contribution in [2.75, 3.05) is 32.2 Å². The summed E-state index contributed by atoms with van der Waals surface area (Å²) in [6.45, 7) is 0.771. The zero-order valence-electron chi connectivity index (χ0n) is 19.0. The molecule has 2 aliphatic rings. The van der Waals surface area contributed by atoms with Gasteiger partial charge < -0.3 is 19.6 Å². The molecule has 1 fully saturated rings. The van der Waals surface area contributed by atoms with Crippen molar-refractivity contribution in [1.29, 1.82) is 0 Å². The number of nitrogens with zero attached hydrogens (tertiary/aromatic N) is 3. The molecule has 6 heteroatoms. The lowest BCUT2D eigenvalue weighted by atomic mass is 9.81. The van der Waals surface area contributed by atoms with Crippen LogP contribution in [0.3, 0.4) is 0 Å². The van der Waals surface area contributed by atoms with Gasteiger partial charge in [0.1, 0.15) is 5.75 Å². The van der Waals surface area contributed by atoms with Gasteiger partial charge in [0.15, 0.2) is 0 Å². The summed E-state index contributed by atoms with van der Waals surface area (Å²) >= 11 is 0. The summed E-state index contributed by atoms with van der Waals surface area (Å²) in [5, 5.41) is 10.2. The minimum absolute atomic E-state index is 0.0103. The van der Waals surface area contributed by atoms with Crippen LogP contribution in [0.1, 0.15) is 23.6 Å². The summed E-state index contributed by atoms with van der Waals surface area (Å²) in [4.78, 5) is 21.7. The van der Waals surface area contributed by atoms with Crippen molar-refractivity contribution in [2.24, 2.45) is 5.92 Å². The van der Waals surface area contributed by atoms with Crippen molar-refractivity contribution >= 4 is 11.6 Å². The van der Waals surface area contributed by atoms with Crippen molar-refractivity contribution in [3.05, 3.63) is 78.1 Å². The van der Waals surface area contributed by atoms with E-state index in [1.807, 2.05) is 42.3 Å². The maximum atomic E-state index is 13.4. The first-order valence-electron chi connectivity index (χ1n) is 11.4. The fourth-order valence-electron chi connectivity index (χ4n) is 5.49. The van der Waals surface area contributed by atoms with E-state index in [0.717, 1.165) is 40.1 Å². The van der Waals surface area contributed by atoms with Gasteiger partial charge in [-0.2, -0.15) is 0 Å². The molecule has 33 heavy (non-hydrogen) atoms. The molecule has 1 N–H and O–H groups in total. The fraction of sp³-hybridized carbons (Fsp3) is 0.333. The van der Waals surface area contributed by atoms with E-state index in [1.165, 1.54) is 0 Å². The second-order valence-electron chi connectivity index (χ2n) is 8.88. The number of fused-ring (bicyclic) bond motifs is 3. The van der Waals surface area contributed by atoms with Crippen LogP contribution in [0.2, 0.25) is 0 Å². The molecule has 5 rings (SSSR count). The van der Waals surface area contributed by atoms with Gasteiger partial charge in [0.05, 0.1) is 32.2 Å². The minimum atomic E-state index is -0.0479. The number of amides is 1. The molecule has 6 nitrogen and oxygen atoms in total. The number of benzene rings is 2. The number of anilines is 1. The molecule has 3 heterocycles. The van der Waals surface area contributed by atoms with E-state index in [0.29, 0.717) is 13.0 Å². The highest BCUT2D eigenvalue weighted by Gasteiger charge is 2.47. The average molecular weight is 444 g/mol. The van der Waals surface area contributed by atoms with Crippen molar-refractivity contribution in [2.45, 2.75) is 24.9 Å². The molecule has 0 radical (unpaired) electrons. The first kappa shape index (κ1) is 21.5.